The highest BCUT2D eigenvalue weighted by atomic mass is 16.2. The number of carbonyl (C=O) groups excluding carboxylic acids is 1. The molecule has 1 unspecified atom stereocenters. The molecular weight excluding hydrogens is 402 g/mol. The van der Waals surface area contributed by atoms with Crippen molar-refractivity contribution >= 4 is 22.6 Å². The molecule has 7 nitrogen and oxygen atoms in total. The number of rotatable bonds is 7. The summed E-state index contributed by atoms with van der Waals surface area (Å²) in [4.78, 5) is 35.2. The highest BCUT2D eigenvalue weighted by Gasteiger charge is 2.28. The Kier molecular flexibility index (Phi) is 7.30. The van der Waals surface area contributed by atoms with Crippen LogP contribution in [0.4, 0.5) is 10.5 Å². The van der Waals surface area contributed by atoms with Gasteiger partial charge in [-0.05, 0) is 57.6 Å². The average Bonchev–Trinajstić information content (AvgIpc) is 2.76. The summed E-state index contributed by atoms with van der Waals surface area (Å²) in [6, 6.07) is 12.7. The SMILES string of the molecule is CCC(c1nc2ccccc2c(=O)n1C)N(CCN(C)C)C(=O)Nc1c(C)cccc1C. The second kappa shape index (κ2) is 9.96. The minimum absolute atomic E-state index is 0.105. The van der Waals surface area contributed by atoms with Gasteiger partial charge in [-0.15, -0.1) is 0 Å². The molecule has 3 rings (SSSR count). The molecule has 1 heterocycles. The van der Waals surface area contributed by atoms with E-state index in [1.54, 1.807) is 22.6 Å². The predicted molar refractivity (Wildman–Crippen MR) is 130 cm³/mol. The van der Waals surface area contributed by atoms with Gasteiger partial charge in [0, 0.05) is 25.8 Å². The summed E-state index contributed by atoms with van der Waals surface area (Å²) in [7, 11) is 5.69. The third-order valence-corrected chi connectivity index (χ3v) is 5.84. The maximum Gasteiger partial charge on any atom is 0.322 e. The number of nitrogens with zero attached hydrogens (tertiary/aromatic N) is 4. The van der Waals surface area contributed by atoms with Gasteiger partial charge in [-0.25, -0.2) is 9.78 Å². The van der Waals surface area contributed by atoms with Crippen LogP contribution in [0, 0.1) is 13.8 Å². The number of amides is 2. The highest BCUT2D eigenvalue weighted by molar-refractivity contribution is 5.91. The van der Waals surface area contributed by atoms with Crippen LogP contribution in [0.2, 0.25) is 0 Å². The predicted octanol–water partition coefficient (Wildman–Crippen LogP) is 4.10. The number of anilines is 1. The molecule has 0 spiro atoms. The first-order valence-electron chi connectivity index (χ1n) is 11.0. The number of aromatic nitrogens is 2. The van der Waals surface area contributed by atoms with E-state index < -0.39 is 0 Å². The number of nitrogens with one attached hydrogen (secondary N) is 1. The number of hydrogen-bond donors (Lipinski definition) is 1. The van der Waals surface area contributed by atoms with E-state index in [0.717, 1.165) is 16.8 Å². The summed E-state index contributed by atoms with van der Waals surface area (Å²) in [6.45, 7) is 7.18. The molecule has 0 aliphatic heterocycles. The van der Waals surface area contributed by atoms with Gasteiger partial charge in [0.25, 0.3) is 5.56 Å². The van der Waals surface area contributed by atoms with Gasteiger partial charge in [-0.3, -0.25) is 9.36 Å². The Morgan fingerprint density at radius 2 is 1.72 bits per heavy atom. The molecule has 1 atom stereocenters. The lowest BCUT2D eigenvalue weighted by Gasteiger charge is -2.33. The number of urea groups is 1. The number of benzene rings is 2. The van der Waals surface area contributed by atoms with Crippen LogP contribution in [0.1, 0.15) is 36.3 Å². The molecule has 0 aliphatic rings. The second-order valence-electron chi connectivity index (χ2n) is 8.47. The fraction of sp³-hybridized carbons (Fsp3) is 0.400. The van der Waals surface area contributed by atoms with Crippen LogP contribution in [-0.2, 0) is 7.05 Å². The maximum atomic E-state index is 13.5. The minimum atomic E-state index is -0.346. The Morgan fingerprint density at radius 1 is 1.06 bits per heavy atom. The molecule has 2 amide bonds. The molecule has 32 heavy (non-hydrogen) atoms. The largest absolute Gasteiger partial charge is 0.322 e. The van der Waals surface area contributed by atoms with Crippen molar-refractivity contribution in [1.82, 2.24) is 19.4 Å². The Balaban J connectivity index is 2.05. The van der Waals surface area contributed by atoms with Gasteiger partial charge in [-0.1, -0.05) is 37.3 Å². The summed E-state index contributed by atoms with van der Waals surface area (Å²) >= 11 is 0. The highest BCUT2D eigenvalue weighted by Crippen LogP contribution is 2.26. The number of aryl methyl sites for hydroxylation is 2. The van der Waals surface area contributed by atoms with E-state index in [1.165, 1.54) is 0 Å². The van der Waals surface area contributed by atoms with Gasteiger partial charge in [-0.2, -0.15) is 0 Å². The summed E-state index contributed by atoms with van der Waals surface area (Å²) in [5.74, 6) is 0.589. The normalized spacial score (nSPS) is 12.2. The van der Waals surface area contributed by atoms with Crippen molar-refractivity contribution in [3.05, 3.63) is 69.8 Å². The van der Waals surface area contributed by atoms with Crippen LogP contribution in [0.15, 0.2) is 47.3 Å². The van der Waals surface area contributed by atoms with Gasteiger partial charge in [0.2, 0.25) is 0 Å². The molecule has 7 heteroatoms. The first-order valence-corrected chi connectivity index (χ1v) is 11.0. The number of fused-ring (bicyclic) bond motifs is 1. The molecule has 0 bridgehead atoms. The van der Waals surface area contributed by atoms with E-state index >= 15 is 0 Å². The lowest BCUT2D eigenvalue weighted by molar-refractivity contribution is 0.172. The van der Waals surface area contributed by atoms with Gasteiger partial charge in [0.05, 0.1) is 16.9 Å². The van der Waals surface area contributed by atoms with Gasteiger partial charge in [0.1, 0.15) is 5.82 Å². The van der Waals surface area contributed by atoms with Crippen molar-refractivity contribution in [3.63, 3.8) is 0 Å². The van der Waals surface area contributed by atoms with E-state index in [1.807, 2.05) is 76.2 Å². The third kappa shape index (κ3) is 4.83. The van der Waals surface area contributed by atoms with Crippen LogP contribution in [0.5, 0.6) is 0 Å². The minimum Gasteiger partial charge on any atom is -0.313 e. The standard InChI is InChI=1S/C25H33N5O2/c1-7-21(23-26-20-14-9-8-13-19(20)24(31)29(23)6)30(16-15-28(4)5)25(32)27-22-17(2)11-10-12-18(22)3/h8-14,21H,7,15-16H2,1-6H3,(H,27,32). The van der Waals surface area contributed by atoms with Crippen molar-refractivity contribution in [2.24, 2.45) is 7.05 Å². The Hall–Kier alpha value is -3.19. The number of carbonyl (C=O) groups is 1. The molecule has 0 radical (unpaired) electrons. The second-order valence-corrected chi connectivity index (χ2v) is 8.47. The summed E-state index contributed by atoms with van der Waals surface area (Å²) in [6.07, 6.45) is 0.631. The Labute approximate surface area is 189 Å². The Bertz CT molecular complexity index is 1150. The zero-order valence-electron chi connectivity index (χ0n) is 19.8. The fourth-order valence-electron chi connectivity index (χ4n) is 3.97. The van der Waals surface area contributed by atoms with Gasteiger partial charge in [0.15, 0.2) is 0 Å². The van der Waals surface area contributed by atoms with Crippen molar-refractivity contribution < 1.29 is 4.79 Å². The average molecular weight is 436 g/mol. The fourth-order valence-corrected chi connectivity index (χ4v) is 3.97. The molecule has 1 aromatic heterocycles. The van der Waals surface area contributed by atoms with Crippen molar-refractivity contribution in [2.45, 2.75) is 33.2 Å². The number of hydrogen-bond acceptors (Lipinski definition) is 4. The molecule has 0 fully saturated rings. The van der Waals surface area contributed by atoms with Gasteiger partial charge >= 0.3 is 6.03 Å². The molecule has 170 valence electrons. The zero-order valence-corrected chi connectivity index (χ0v) is 19.8. The van der Waals surface area contributed by atoms with E-state index in [4.69, 9.17) is 4.98 Å². The van der Waals surface area contributed by atoms with E-state index in [0.29, 0.717) is 36.2 Å². The van der Waals surface area contributed by atoms with E-state index in [2.05, 4.69) is 5.32 Å². The lowest BCUT2D eigenvalue weighted by Crippen LogP contribution is -2.43. The van der Waals surface area contributed by atoms with Crippen LogP contribution in [0.25, 0.3) is 10.9 Å². The van der Waals surface area contributed by atoms with Crippen LogP contribution >= 0.6 is 0 Å². The maximum absolute atomic E-state index is 13.5. The first-order chi connectivity index (χ1) is 15.2. The summed E-state index contributed by atoms with van der Waals surface area (Å²) in [5.41, 5.74) is 3.38. The van der Waals surface area contributed by atoms with Crippen LogP contribution in [0.3, 0.4) is 0 Å². The van der Waals surface area contributed by atoms with Crippen LogP contribution in [-0.4, -0.2) is 52.6 Å². The van der Waals surface area contributed by atoms with Crippen molar-refractivity contribution in [2.75, 3.05) is 32.5 Å². The van der Waals surface area contributed by atoms with Crippen LogP contribution < -0.4 is 10.9 Å². The summed E-state index contributed by atoms with van der Waals surface area (Å²) < 4.78 is 1.57. The number of likely N-dealkylation sites (N-methyl/N-ethyl adjacent to an activating group) is 1. The van der Waals surface area contributed by atoms with Crippen molar-refractivity contribution in [1.29, 1.82) is 0 Å². The molecular formula is C25H33N5O2. The van der Waals surface area contributed by atoms with E-state index in [9.17, 15) is 9.59 Å². The Morgan fingerprint density at radius 3 is 2.34 bits per heavy atom. The smallest absolute Gasteiger partial charge is 0.313 e. The van der Waals surface area contributed by atoms with E-state index in [-0.39, 0.29) is 17.6 Å². The molecule has 0 saturated heterocycles. The lowest BCUT2D eigenvalue weighted by atomic mass is 10.1. The van der Waals surface area contributed by atoms with Gasteiger partial charge < -0.3 is 15.1 Å². The zero-order chi connectivity index (χ0) is 23.4. The summed E-state index contributed by atoms with van der Waals surface area (Å²) in [5, 5.41) is 3.69. The third-order valence-electron chi connectivity index (χ3n) is 5.84. The monoisotopic (exact) mass is 435 g/mol. The molecule has 3 aromatic rings. The molecule has 0 aliphatic carbocycles. The quantitative estimate of drug-likeness (QED) is 0.607. The van der Waals surface area contributed by atoms with Crippen molar-refractivity contribution in [3.8, 4) is 0 Å². The topological polar surface area (TPSA) is 70.5 Å². The first kappa shape index (κ1) is 23.5. The molecule has 2 aromatic carbocycles. The number of para-hydroxylation sites is 2. The molecule has 0 saturated carbocycles. The molecule has 1 N–H and O–H groups in total.